The summed E-state index contributed by atoms with van der Waals surface area (Å²) < 4.78 is 12.7. The molecular formula is C16H20N4O3. The molecule has 0 aliphatic carbocycles. The molecule has 1 aliphatic heterocycles. The molecule has 0 amide bonds. The van der Waals surface area contributed by atoms with Crippen LogP contribution in [0.15, 0.2) is 18.3 Å². The Labute approximate surface area is 134 Å². The second-order valence-electron chi connectivity index (χ2n) is 5.41. The molecule has 7 nitrogen and oxygen atoms in total. The first-order valence-electron chi connectivity index (χ1n) is 7.94. The molecule has 122 valence electrons. The van der Waals surface area contributed by atoms with Crippen molar-refractivity contribution >= 4 is 6.29 Å². The summed E-state index contributed by atoms with van der Waals surface area (Å²) in [5.41, 5.74) is 0.742. The molecule has 1 saturated heterocycles. The van der Waals surface area contributed by atoms with Crippen LogP contribution in [0.4, 0.5) is 0 Å². The Morgan fingerprint density at radius 2 is 2.35 bits per heavy atom. The predicted molar refractivity (Wildman–Crippen MR) is 83.3 cm³/mol. The van der Waals surface area contributed by atoms with Gasteiger partial charge in [-0.1, -0.05) is 6.92 Å². The summed E-state index contributed by atoms with van der Waals surface area (Å²) in [6, 6.07) is 3.62. The molecule has 3 rings (SSSR count). The van der Waals surface area contributed by atoms with Crippen LogP contribution in [0.2, 0.25) is 0 Å². The number of carbonyl (C=O) groups is 1. The van der Waals surface area contributed by atoms with Crippen molar-refractivity contribution in [3.05, 3.63) is 24.2 Å². The average molecular weight is 316 g/mol. The zero-order chi connectivity index (χ0) is 16.1. The lowest BCUT2D eigenvalue weighted by Crippen LogP contribution is -2.21. The van der Waals surface area contributed by atoms with Crippen molar-refractivity contribution in [2.45, 2.75) is 38.8 Å². The first-order valence-corrected chi connectivity index (χ1v) is 7.94. The first kappa shape index (κ1) is 15.6. The largest absolute Gasteiger partial charge is 0.478 e. The molecule has 1 atom stereocenters. The fourth-order valence-electron chi connectivity index (χ4n) is 2.47. The molecule has 0 radical (unpaired) electrons. The summed E-state index contributed by atoms with van der Waals surface area (Å²) in [5, 5.41) is 4.44. The molecule has 2 aromatic rings. The third-order valence-electron chi connectivity index (χ3n) is 3.64. The van der Waals surface area contributed by atoms with Crippen LogP contribution >= 0.6 is 0 Å². The van der Waals surface area contributed by atoms with Gasteiger partial charge >= 0.3 is 0 Å². The Hall–Kier alpha value is -2.28. The fourth-order valence-corrected chi connectivity index (χ4v) is 2.47. The summed E-state index contributed by atoms with van der Waals surface area (Å²) in [4.78, 5) is 19.8. The lowest BCUT2D eigenvalue weighted by Gasteiger charge is -2.22. The van der Waals surface area contributed by atoms with E-state index in [-0.39, 0.29) is 12.1 Å². The summed E-state index contributed by atoms with van der Waals surface area (Å²) in [5.74, 6) is 1.32. The molecule has 0 spiro atoms. The van der Waals surface area contributed by atoms with Crippen LogP contribution in [0.5, 0.6) is 5.88 Å². The van der Waals surface area contributed by atoms with Crippen LogP contribution in [0, 0.1) is 0 Å². The van der Waals surface area contributed by atoms with Gasteiger partial charge in [-0.3, -0.25) is 4.79 Å². The van der Waals surface area contributed by atoms with Crippen LogP contribution in [0.3, 0.4) is 0 Å². The molecule has 1 aliphatic rings. The average Bonchev–Trinajstić information content (AvgIpc) is 3.05. The highest BCUT2D eigenvalue weighted by Crippen LogP contribution is 2.25. The van der Waals surface area contributed by atoms with Gasteiger partial charge in [-0.15, -0.1) is 5.10 Å². The molecule has 0 saturated carbocycles. The highest BCUT2D eigenvalue weighted by Gasteiger charge is 2.22. The molecule has 3 heterocycles. The predicted octanol–water partition coefficient (Wildman–Crippen LogP) is 2.64. The molecule has 2 aromatic heterocycles. The summed E-state index contributed by atoms with van der Waals surface area (Å²) in [7, 11) is 0. The molecule has 1 unspecified atom stereocenters. The van der Waals surface area contributed by atoms with Crippen LogP contribution in [0.25, 0.3) is 11.4 Å². The van der Waals surface area contributed by atoms with Crippen molar-refractivity contribution in [1.29, 1.82) is 0 Å². The van der Waals surface area contributed by atoms with Crippen molar-refractivity contribution < 1.29 is 14.3 Å². The van der Waals surface area contributed by atoms with E-state index in [1.165, 1.54) is 0 Å². The number of ether oxygens (including phenoxy) is 2. The third kappa shape index (κ3) is 3.56. The van der Waals surface area contributed by atoms with Gasteiger partial charge in [-0.25, -0.2) is 14.6 Å². The summed E-state index contributed by atoms with van der Waals surface area (Å²) in [6.07, 6.45) is 6.01. The van der Waals surface area contributed by atoms with Gasteiger partial charge in [0.2, 0.25) is 5.88 Å². The van der Waals surface area contributed by atoms with E-state index in [4.69, 9.17) is 9.47 Å². The van der Waals surface area contributed by atoms with Crippen LogP contribution in [0.1, 0.15) is 49.5 Å². The molecule has 7 heteroatoms. The van der Waals surface area contributed by atoms with Crippen LogP contribution < -0.4 is 4.74 Å². The Bertz CT molecular complexity index is 648. The van der Waals surface area contributed by atoms with Crippen molar-refractivity contribution in [2.75, 3.05) is 13.2 Å². The minimum atomic E-state index is -0.217. The number of pyridine rings is 1. The van der Waals surface area contributed by atoms with E-state index < -0.39 is 0 Å². The van der Waals surface area contributed by atoms with E-state index in [9.17, 15) is 4.79 Å². The first-order chi connectivity index (χ1) is 11.3. The zero-order valence-electron chi connectivity index (χ0n) is 13.1. The normalized spacial score (nSPS) is 17.9. The highest BCUT2D eigenvalue weighted by atomic mass is 16.5. The molecular weight excluding hydrogens is 296 g/mol. The SMILES string of the molecule is CCCOc1ccc(-c2nc(C=O)n(C3CCCCO3)n2)cn1. The van der Waals surface area contributed by atoms with E-state index >= 15 is 0 Å². The van der Waals surface area contributed by atoms with Crippen LogP contribution in [-0.2, 0) is 4.74 Å². The number of hydrogen-bond donors (Lipinski definition) is 0. The number of nitrogens with zero attached hydrogens (tertiary/aromatic N) is 4. The number of carbonyl (C=O) groups excluding carboxylic acids is 1. The van der Waals surface area contributed by atoms with Gasteiger partial charge in [-0.05, 0) is 31.7 Å². The quantitative estimate of drug-likeness (QED) is 0.762. The maximum atomic E-state index is 11.3. The van der Waals surface area contributed by atoms with E-state index in [0.717, 1.165) is 31.2 Å². The minimum Gasteiger partial charge on any atom is -0.478 e. The maximum Gasteiger partial charge on any atom is 0.213 e. The highest BCUT2D eigenvalue weighted by molar-refractivity contribution is 5.71. The molecule has 23 heavy (non-hydrogen) atoms. The number of aldehydes is 1. The van der Waals surface area contributed by atoms with Crippen LogP contribution in [-0.4, -0.2) is 39.2 Å². The fraction of sp³-hybridized carbons (Fsp3) is 0.500. The lowest BCUT2D eigenvalue weighted by molar-refractivity contribution is -0.0404. The standard InChI is InChI=1S/C16H20N4O3/c1-2-8-22-14-7-6-12(10-17-14)16-18-13(11-21)20(19-16)15-5-3-4-9-23-15/h6-7,10-11,15H,2-5,8-9H2,1H3. The van der Waals surface area contributed by atoms with Gasteiger partial charge in [0.25, 0.3) is 0 Å². The monoisotopic (exact) mass is 316 g/mol. The minimum absolute atomic E-state index is 0.217. The lowest BCUT2D eigenvalue weighted by atomic mass is 10.2. The van der Waals surface area contributed by atoms with E-state index in [2.05, 4.69) is 15.1 Å². The maximum absolute atomic E-state index is 11.3. The summed E-state index contributed by atoms with van der Waals surface area (Å²) >= 11 is 0. The van der Waals surface area contributed by atoms with E-state index in [0.29, 0.717) is 31.2 Å². The van der Waals surface area contributed by atoms with E-state index in [1.54, 1.807) is 16.9 Å². The molecule has 0 N–H and O–H groups in total. The van der Waals surface area contributed by atoms with Crippen molar-refractivity contribution in [2.24, 2.45) is 0 Å². The molecule has 1 fully saturated rings. The Morgan fingerprint density at radius 3 is 3.00 bits per heavy atom. The van der Waals surface area contributed by atoms with Gasteiger partial charge in [0.1, 0.15) is 0 Å². The van der Waals surface area contributed by atoms with Gasteiger partial charge in [-0.2, -0.15) is 0 Å². The third-order valence-corrected chi connectivity index (χ3v) is 3.64. The Morgan fingerprint density at radius 1 is 1.43 bits per heavy atom. The van der Waals surface area contributed by atoms with E-state index in [1.807, 2.05) is 13.0 Å². The smallest absolute Gasteiger partial charge is 0.213 e. The van der Waals surface area contributed by atoms with Crippen molar-refractivity contribution in [1.82, 2.24) is 19.7 Å². The number of rotatable bonds is 6. The van der Waals surface area contributed by atoms with Gasteiger partial charge < -0.3 is 9.47 Å². The Kier molecular flexibility index (Phi) is 4.97. The number of hydrogen-bond acceptors (Lipinski definition) is 6. The molecule has 0 aromatic carbocycles. The van der Waals surface area contributed by atoms with Crippen molar-refractivity contribution in [3.63, 3.8) is 0 Å². The molecule has 0 bridgehead atoms. The Balaban J connectivity index is 1.82. The summed E-state index contributed by atoms with van der Waals surface area (Å²) in [6.45, 7) is 3.36. The van der Waals surface area contributed by atoms with Gasteiger partial charge in [0.05, 0.1) is 6.61 Å². The zero-order valence-corrected chi connectivity index (χ0v) is 13.1. The topological polar surface area (TPSA) is 79.1 Å². The van der Waals surface area contributed by atoms with Gasteiger partial charge in [0, 0.05) is 24.4 Å². The number of aromatic nitrogens is 4. The van der Waals surface area contributed by atoms with Crippen molar-refractivity contribution in [3.8, 4) is 17.3 Å². The van der Waals surface area contributed by atoms with Gasteiger partial charge in [0.15, 0.2) is 24.2 Å². The second-order valence-corrected chi connectivity index (χ2v) is 5.41. The second kappa shape index (κ2) is 7.32.